The lowest BCUT2D eigenvalue weighted by molar-refractivity contribution is -0.113. The van der Waals surface area contributed by atoms with Crippen molar-refractivity contribution in [2.45, 2.75) is 57.2 Å². The maximum atomic E-state index is 9.73. The van der Waals surface area contributed by atoms with Gasteiger partial charge in [0.15, 0.2) is 0 Å². The van der Waals surface area contributed by atoms with E-state index in [0.29, 0.717) is 0 Å². The Hall–Kier alpha value is -0.693. The lowest BCUT2D eigenvalue weighted by Gasteiger charge is -2.47. The van der Waals surface area contributed by atoms with E-state index < -0.39 is 14.5 Å². The van der Waals surface area contributed by atoms with Gasteiger partial charge in [-0.2, -0.15) is 0 Å². The summed E-state index contributed by atoms with van der Waals surface area (Å²) in [6, 6.07) is 1.06. The zero-order valence-corrected chi connectivity index (χ0v) is 15.1. The van der Waals surface area contributed by atoms with Crippen LogP contribution in [0.15, 0.2) is 12.2 Å². The van der Waals surface area contributed by atoms with Crippen LogP contribution in [0.3, 0.4) is 0 Å². The second kappa shape index (κ2) is 10.1. The number of carbonyl (C=O) groups is 1. The smallest absolute Gasteiger partial charge is 0.370 e. The molecule has 6 heteroatoms. The van der Waals surface area contributed by atoms with Gasteiger partial charge in [-0.15, -0.1) is 0 Å². The van der Waals surface area contributed by atoms with Crippen LogP contribution in [-0.4, -0.2) is 41.0 Å². The Balaban J connectivity index is 0.000000567. The molecular weight excluding hydrogens is 286 g/mol. The van der Waals surface area contributed by atoms with Gasteiger partial charge in [0, 0.05) is 21.3 Å². The topological polar surface area (TPSA) is 70.8 Å². The van der Waals surface area contributed by atoms with E-state index in [4.69, 9.17) is 13.6 Å². The van der Waals surface area contributed by atoms with Crippen LogP contribution in [0.1, 0.15) is 46.0 Å². The average molecular weight is 318 g/mol. The van der Waals surface area contributed by atoms with Crippen LogP contribution in [0.5, 0.6) is 0 Å². The summed E-state index contributed by atoms with van der Waals surface area (Å²) in [5, 5.41) is -0.122. The minimum absolute atomic E-state index is 0.122. The van der Waals surface area contributed by atoms with Crippen molar-refractivity contribution in [1.82, 2.24) is 0 Å². The molecule has 0 spiro atoms. The van der Waals surface area contributed by atoms with Crippen LogP contribution in [0.2, 0.25) is 6.04 Å². The SMILES string of the molecule is CC=CC(N)=O.CCCC1(OC)CCCC[Si]1(OC)OC. The number of nitrogens with two attached hydrogens (primary N) is 1. The van der Waals surface area contributed by atoms with Gasteiger partial charge in [-0.25, -0.2) is 0 Å². The number of hydrogen-bond acceptors (Lipinski definition) is 4. The third kappa shape index (κ3) is 5.21. The first-order chi connectivity index (χ1) is 9.97. The second-order valence-electron chi connectivity index (χ2n) is 5.22. The number of amides is 1. The Bertz CT molecular complexity index is 328. The van der Waals surface area contributed by atoms with Gasteiger partial charge in [0.25, 0.3) is 0 Å². The molecule has 0 aliphatic carbocycles. The van der Waals surface area contributed by atoms with Crippen molar-refractivity contribution < 1.29 is 18.4 Å². The molecular formula is C15H31NO4Si. The van der Waals surface area contributed by atoms with Crippen LogP contribution in [0.4, 0.5) is 0 Å². The number of rotatable bonds is 6. The monoisotopic (exact) mass is 317 g/mol. The van der Waals surface area contributed by atoms with Gasteiger partial charge in [-0.1, -0.05) is 32.3 Å². The predicted octanol–water partition coefficient (Wildman–Crippen LogP) is 2.68. The van der Waals surface area contributed by atoms with E-state index in [2.05, 4.69) is 12.7 Å². The van der Waals surface area contributed by atoms with Crippen LogP contribution in [-0.2, 0) is 18.4 Å². The van der Waals surface area contributed by atoms with Crippen molar-refractivity contribution in [2.75, 3.05) is 21.3 Å². The number of ether oxygens (including phenoxy) is 1. The van der Waals surface area contributed by atoms with E-state index >= 15 is 0 Å². The zero-order chi connectivity index (χ0) is 16.4. The van der Waals surface area contributed by atoms with Gasteiger partial charge in [0.05, 0.1) is 0 Å². The molecule has 21 heavy (non-hydrogen) atoms. The highest BCUT2D eigenvalue weighted by Gasteiger charge is 2.58. The van der Waals surface area contributed by atoms with Crippen LogP contribution in [0.25, 0.3) is 0 Å². The average Bonchev–Trinajstić information content (AvgIpc) is 2.48. The van der Waals surface area contributed by atoms with Gasteiger partial charge in [0.2, 0.25) is 5.91 Å². The molecule has 5 nitrogen and oxygen atoms in total. The number of carbonyl (C=O) groups excluding carboxylic acids is 1. The van der Waals surface area contributed by atoms with Gasteiger partial charge in [-0.05, 0) is 31.9 Å². The first-order valence-electron chi connectivity index (χ1n) is 7.55. The fourth-order valence-electron chi connectivity index (χ4n) is 3.09. The Kier molecular flexibility index (Phi) is 9.77. The summed E-state index contributed by atoms with van der Waals surface area (Å²) in [5.74, 6) is -0.391. The Morgan fingerprint density at radius 1 is 1.29 bits per heavy atom. The quantitative estimate of drug-likeness (QED) is 0.604. The first-order valence-corrected chi connectivity index (χ1v) is 9.57. The maximum absolute atomic E-state index is 9.73. The van der Waals surface area contributed by atoms with Crippen LogP contribution >= 0.6 is 0 Å². The minimum Gasteiger partial charge on any atom is -0.396 e. The van der Waals surface area contributed by atoms with E-state index in [1.165, 1.54) is 18.9 Å². The second-order valence-corrected chi connectivity index (χ2v) is 8.95. The predicted molar refractivity (Wildman–Crippen MR) is 87.1 cm³/mol. The standard InChI is InChI=1S/C11H24O3Si.C4H7NO/c1-5-8-11(12-2)9-6-7-10-15(11,13-3)14-4;1-2-3-4(5)6/h5-10H2,1-4H3;2-3H,1H3,(H2,5,6). The third-order valence-corrected chi connectivity index (χ3v) is 8.49. The third-order valence-electron chi connectivity index (χ3n) is 4.07. The van der Waals surface area contributed by atoms with E-state index in [1.54, 1.807) is 34.3 Å². The van der Waals surface area contributed by atoms with E-state index in [9.17, 15) is 4.79 Å². The molecule has 1 unspecified atom stereocenters. The molecule has 1 atom stereocenters. The number of hydrogen-bond donors (Lipinski definition) is 1. The lowest BCUT2D eigenvalue weighted by Crippen LogP contribution is -2.64. The molecule has 0 aromatic carbocycles. The maximum Gasteiger partial charge on any atom is 0.370 e. The first kappa shape index (κ1) is 20.3. The van der Waals surface area contributed by atoms with Crippen LogP contribution < -0.4 is 5.73 Å². The van der Waals surface area contributed by atoms with Crippen molar-refractivity contribution in [2.24, 2.45) is 5.73 Å². The molecule has 0 saturated carbocycles. The van der Waals surface area contributed by atoms with Gasteiger partial charge >= 0.3 is 8.56 Å². The molecule has 1 aliphatic heterocycles. The van der Waals surface area contributed by atoms with Crippen LogP contribution in [0, 0.1) is 0 Å². The fourth-order valence-corrected chi connectivity index (χ4v) is 7.08. The molecule has 1 fully saturated rings. The Morgan fingerprint density at radius 2 is 1.90 bits per heavy atom. The highest BCUT2D eigenvalue weighted by molar-refractivity contribution is 6.70. The van der Waals surface area contributed by atoms with Crippen molar-refractivity contribution in [1.29, 1.82) is 0 Å². The highest BCUT2D eigenvalue weighted by atomic mass is 28.4. The molecule has 0 aromatic heterocycles. The molecule has 1 aliphatic rings. The molecule has 1 rings (SSSR count). The molecule has 1 amide bonds. The normalized spacial score (nSPS) is 24.4. The summed E-state index contributed by atoms with van der Waals surface area (Å²) in [5.41, 5.74) is 4.68. The van der Waals surface area contributed by atoms with E-state index in [0.717, 1.165) is 25.3 Å². The summed E-state index contributed by atoms with van der Waals surface area (Å²) >= 11 is 0. The number of allylic oxidation sites excluding steroid dienone is 1. The summed E-state index contributed by atoms with van der Waals surface area (Å²) < 4.78 is 17.4. The Morgan fingerprint density at radius 3 is 2.24 bits per heavy atom. The molecule has 1 saturated heterocycles. The van der Waals surface area contributed by atoms with E-state index in [-0.39, 0.29) is 5.22 Å². The van der Waals surface area contributed by atoms with Gasteiger partial charge < -0.3 is 19.3 Å². The molecule has 2 N–H and O–H groups in total. The summed E-state index contributed by atoms with van der Waals surface area (Å²) in [4.78, 5) is 9.73. The summed E-state index contributed by atoms with van der Waals surface area (Å²) in [6.07, 6.45) is 8.61. The van der Waals surface area contributed by atoms with Crippen molar-refractivity contribution >= 4 is 14.5 Å². The van der Waals surface area contributed by atoms with Crippen molar-refractivity contribution in [3.63, 3.8) is 0 Å². The van der Waals surface area contributed by atoms with E-state index in [1.807, 2.05) is 0 Å². The number of methoxy groups -OCH3 is 1. The molecule has 0 bridgehead atoms. The molecule has 1 heterocycles. The van der Waals surface area contributed by atoms with Crippen molar-refractivity contribution in [3.05, 3.63) is 12.2 Å². The van der Waals surface area contributed by atoms with Crippen molar-refractivity contribution in [3.8, 4) is 0 Å². The van der Waals surface area contributed by atoms with Gasteiger partial charge in [0.1, 0.15) is 5.22 Å². The fraction of sp³-hybridized carbons (Fsp3) is 0.800. The largest absolute Gasteiger partial charge is 0.396 e. The van der Waals surface area contributed by atoms with Gasteiger partial charge in [-0.3, -0.25) is 4.79 Å². The molecule has 0 radical (unpaired) electrons. The summed E-state index contributed by atoms with van der Waals surface area (Å²) in [6.45, 7) is 3.94. The molecule has 124 valence electrons. The number of primary amides is 1. The zero-order valence-electron chi connectivity index (χ0n) is 14.1. The minimum atomic E-state index is -2.15. The molecule has 0 aromatic rings. The lowest BCUT2D eigenvalue weighted by atomic mass is 10.1. The summed E-state index contributed by atoms with van der Waals surface area (Å²) in [7, 11) is 3.22. The Labute approximate surface area is 130 Å². The highest BCUT2D eigenvalue weighted by Crippen LogP contribution is 2.42.